The van der Waals surface area contributed by atoms with Gasteiger partial charge < -0.3 is 0 Å². The molecule has 1 spiro atoms. The summed E-state index contributed by atoms with van der Waals surface area (Å²) in [5.41, 5.74) is 17.8. The second-order valence-electron chi connectivity index (χ2n) is 18.6. The Morgan fingerprint density at radius 3 is 1.61 bits per heavy atom. The van der Waals surface area contributed by atoms with Gasteiger partial charge in [0, 0.05) is 27.3 Å². The van der Waals surface area contributed by atoms with Crippen LogP contribution in [0, 0.1) is 23.7 Å². The van der Waals surface area contributed by atoms with E-state index in [0.717, 1.165) is 62.8 Å². The van der Waals surface area contributed by atoms with Crippen LogP contribution in [-0.4, -0.2) is 9.97 Å². The number of hydrogen-bond acceptors (Lipinski definition) is 2. The molecule has 5 aliphatic carbocycles. The maximum absolute atomic E-state index is 5.24. The summed E-state index contributed by atoms with van der Waals surface area (Å²) in [7, 11) is 0. The second kappa shape index (κ2) is 13.2. The third kappa shape index (κ3) is 5.38. The van der Waals surface area contributed by atoms with Gasteiger partial charge in [0.25, 0.3) is 0 Å². The van der Waals surface area contributed by atoms with Crippen molar-refractivity contribution < 1.29 is 0 Å². The largest absolute Gasteiger partial charge is 0.228 e. The molecule has 286 valence electrons. The first-order chi connectivity index (χ1) is 28.9. The number of para-hydroxylation sites is 1. The van der Waals surface area contributed by atoms with Crippen LogP contribution in [0.25, 0.3) is 66.9 Å². The first-order valence-electron chi connectivity index (χ1n) is 21.8. The second-order valence-corrected chi connectivity index (χ2v) is 18.6. The van der Waals surface area contributed by atoms with Crippen molar-refractivity contribution in [3.05, 3.63) is 192 Å². The van der Waals surface area contributed by atoms with Gasteiger partial charge in [0.15, 0.2) is 5.82 Å². The third-order valence-corrected chi connectivity index (χ3v) is 15.2. The Morgan fingerprint density at radius 1 is 0.390 bits per heavy atom. The molecule has 0 radical (unpaired) electrons. The SMILES string of the molecule is CC1(C)c2ccccc2C2(c3ccc(-c4ccc(-c5cccc(-c6nc(-c7ccc(-c8ccccc8)cc7)c7ccccc7n6)c5)cc4)cc31)C1CC3CC(C1)CC2C3. The number of hydrogen-bond donors (Lipinski definition) is 0. The fraction of sp³-hybridized carbons (Fsp3) is 0.228. The van der Waals surface area contributed by atoms with Gasteiger partial charge in [-0.3, -0.25) is 0 Å². The van der Waals surface area contributed by atoms with Gasteiger partial charge in [0.05, 0.1) is 11.2 Å². The van der Waals surface area contributed by atoms with Crippen LogP contribution in [-0.2, 0) is 10.8 Å². The topological polar surface area (TPSA) is 25.8 Å². The van der Waals surface area contributed by atoms with E-state index in [2.05, 4.69) is 184 Å². The lowest BCUT2D eigenvalue weighted by atomic mass is 9.39. The summed E-state index contributed by atoms with van der Waals surface area (Å²) < 4.78 is 0. The lowest BCUT2D eigenvalue weighted by Crippen LogP contribution is -2.58. The predicted octanol–water partition coefficient (Wildman–Crippen LogP) is 14.3. The summed E-state index contributed by atoms with van der Waals surface area (Å²) in [6.45, 7) is 4.94. The van der Waals surface area contributed by atoms with Gasteiger partial charge in [-0.15, -0.1) is 0 Å². The lowest BCUT2D eigenvalue weighted by Gasteiger charge is -2.64. The minimum atomic E-state index is -0.0570. The molecule has 0 atom stereocenters. The molecule has 8 aromatic rings. The number of rotatable bonds is 5. The van der Waals surface area contributed by atoms with Crippen molar-refractivity contribution in [1.82, 2.24) is 9.97 Å². The van der Waals surface area contributed by atoms with E-state index in [9.17, 15) is 0 Å². The van der Waals surface area contributed by atoms with E-state index < -0.39 is 0 Å². The molecule has 0 amide bonds. The molecule has 13 rings (SSSR count). The van der Waals surface area contributed by atoms with Crippen molar-refractivity contribution >= 4 is 10.9 Å². The maximum atomic E-state index is 5.24. The normalized spacial score (nSPS) is 23.3. The monoisotopic (exact) mass is 760 g/mol. The van der Waals surface area contributed by atoms with Gasteiger partial charge in [-0.2, -0.15) is 0 Å². The maximum Gasteiger partial charge on any atom is 0.160 e. The van der Waals surface area contributed by atoms with Gasteiger partial charge >= 0.3 is 0 Å². The van der Waals surface area contributed by atoms with Gasteiger partial charge in [0.2, 0.25) is 0 Å². The van der Waals surface area contributed by atoms with E-state index >= 15 is 0 Å². The zero-order valence-corrected chi connectivity index (χ0v) is 33.9. The molecule has 5 aliphatic rings. The molecule has 1 heterocycles. The summed E-state index contributed by atoms with van der Waals surface area (Å²) >= 11 is 0. The molecule has 4 saturated carbocycles. The zero-order valence-electron chi connectivity index (χ0n) is 33.9. The van der Waals surface area contributed by atoms with Crippen LogP contribution >= 0.6 is 0 Å². The van der Waals surface area contributed by atoms with Crippen molar-refractivity contribution in [1.29, 1.82) is 0 Å². The molecule has 2 heteroatoms. The van der Waals surface area contributed by atoms with Crippen LogP contribution in [0.3, 0.4) is 0 Å². The molecule has 0 saturated heterocycles. The average Bonchev–Trinajstić information content (AvgIpc) is 3.29. The Balaban J connectivity index is 0.883. The van der Waals surface area contributed by atoms with Crippen molar-refractivity contribution in [2.24, 2.45) is 23.7 Å². The molecular weight excluding hydrogens is 713 g/mol. The molecule has 0 N–H and O–H groups in total. The quantitative estimate of drug-likeness (QED) is 0.175. The predicted molar refractivity (Wildman–Crippen MR) is 243 cm³/mol. The Hall–Kier alpha value is -6.12. The van der Waals surface area contributed by atoms with Gasteiger partial charge in [-0.05, 0) is 130 Å². The fourth-order valence-electron chi connectivity index (χ4n) is 12.7. The minimum Gasteiger partial charge on any atom is -0.228 e. The highest BCUT2D eigenvalue weighted by atomic mass is 14.9. The molecule has 1 aromatic heterocycles. The van der Waals surface area contributed by atoms with Gasteiger partial charge in [-0.1, -0.05) is 166 Å². The molecule has 4 bridgehead atoms. The lowest BCUT2D eigenvalue weighted by molar-refractivity contribution is -0.0443. The fourth-order valence-corrected chi connectivity index (χ4v) is 12.7. The number of nitrogens with zero attached hydrogens (tertiary/aromatic N) is 2. The molecule has 59 heavy (non-hydrogen) atoms. The van der Waals surface area contributed by atoms with Crippen LogP contribution in [0.2, 0.25) is 0 Å². The molecular formula is C57H48N2. The Bertz CT molecular complexity index is 2870. The summed E-state index contributed by atoms with van der Waals surface area (Å²) in [5.74, 6) is 4.13. The highest BCUT2D eigenvalue weighted by molar-refractivity contribution is 5.94. The summed E-state index contributed by atoms with van der Waals surface area (Å²) in [4.78, 5) is 10.3. The molecule has 0 aliphatic heterocycles. The van der Waals surface area contributed by atoms with E-state index in [0.29, 0.717) is 0 Å². The Kier molecular flexibility index (Phi) is 7.80. The zero-order chi connectivity index (χ0) is 39.3. The van der Waals surface area contributed by atoms with E-state index in [4.69, 9.17) is 9.97 Å². The smallest absolute Gasteiger partial charge is 0.160 e. The Labute approximate surface area is 348 Å². The highest BCUT2D eigenvalue weighted by Gasteiger charge is 2.62. The summed E-state index contributed by atoms with van der Waals surface area (Å²) in [5, 5.41) is 1.05. The van der Waals surface area contributed by atoms with Crippen LogP contribution in [0.5, 0.6) is 0 Å². The van der Waals surface area contributed by atoms with Gasteiger partial charge in [-0.25, -0.2) is 9.97 Å². The highest BCUT2D eigenvalue weighted by Crippen LogP contribution is 2.68. The minimum absolute atomic E-state index is 0.0570. The van der Waals surface area contributed by atoms with Crippen LogP contribution in [0.4, 0.5) is 0 Å². The summed E-state index contributed by atoms with van der Waals surface area (Å²) in [6, 6.07) is 62.7. The van der Waals surface area contributed by atoms with Crippen molar-refractivity contribution in [2.45, 2.75) is 56.8 Å². The Morgan fingerprint density at radius 2 is 0.898 bits per heavy atom. The molecule has 4 fully saturated rings. The molecule has 0 unspecified atom stereocenters. The third-order valence-electron chi connectivity index (χ3n) is 15.2. The van der Waals surface area contributed by atoms with E-state index in [1.165, 1.54) is 59.9 Å². The van der Waals surface area contributed by atoms with Crippen molar-refractivity contribution in [3.63, 3.8) is 0 Å². The first kappa shape index (κ1) is 34.9. The van der Waals surface area contributed by atoms with E-state index in [-0.39, 0.29) is 10.8 Å². The van der Waals surface area contributed by atoms with E-state index in [1.807, 2.05) is 0 Å². The van der Waals surface area contributed by atoms with Gasteiger partial charge in [0.1, 0.15) is 0 Å². The van der Waals surface area contributed by atoms with Crippen LogP contribution in [0.15, 0.2) is 170 Å². The van der Waals surface area contributed by atoms with Crippen molar-refractivity contribution in [2.75, 3.05) is 0 Å². The number of aromatic nitrogens is 2. The van der Waals surface area contributed by atoms with E-state index in [1.54, 1.807) is 22.3 Å². The average molecular weight is 761 g/mol. The molecule has 2 nitrogen and oxygen atoms in total. The first-order valence-corrected chi connectivity index (χ1v) is 21.8. The molecule has 7 aromatic carbocycles. The number of benzene rings is 7. The van der Waals surface area contributed by atoms with Crippen LogP contribution in [0.1, 0.15) is 68.2 Å². The number of fused-ring (bicyclic) bond motifs is 3. The standard InChI is InChI=1S/C57H48N2/c1-56(2)49-16-7-8-17-50(49)57(46-30-36-29-37(32-46)33-47(57)31-36)51-28-27-44(35-52(51)56)41-21-19-40(20-22-41)43-13-10-14-45(34-43)55-58-53-18-9-6-15-48(53)54(59-55)42-25-23-39(24-26-42)38-11-4-3-5-12-38/h3-28,34-37,46-47H,29-33H2,1-2H3. The van der Waals surface area contributed by atoms with Crippen molar-refractivity contribution in [3.8, 4) is 56.0 Å². The van der Waals surface area contributed by atoms with Crippen LogP contribution < -0.4 is 0 Å². The summed E-state index contributed by atoms with van der Waals surface area (Å²) in [6.07, 6.45) is 7.10.